The first-order valence-electron chi connectivity index (χ1n) is 8.85. The summed E-state index contributed by atoms with van der Waals surface area (Å²) in [6.45, 7) is 0. The summed E-state index contributed by atoms with van der Waals surface area (Å²) in [4.78, 5) is 0. The van der Waals surface area contributed by atoms with E-state index < -0.39 is 0 Å². The lowest BCUT2D eigenvalue weighted by Crippen LogP contribution is -2.59. The van der Waals surface area contributed by atoms with Crippen molar-refractivity contribution in [1.82, 2.24) is 0 Å². The Morgan fingerprint density at radius 2 is 1.63 bits per heavy atom. The molecular weight excluding hydrogens is 344 g/mol. The van der Waals surface area contributed by atoms with Crippen LogP contribution >= 0.6 is 0 Å². The summed E-state index contributed by atoms with van der Waals surface area (Å²) in [7, 11) is 6.51. The lowest BCUT2D eigenvalue weighted by Gasteiger charge is -2.20. The van der Waals surface area contributed by atoms with Crippen LogP contribution in [0.4, 0.5) is 5.69 Å². The van der Waals surface area contributed by atoms with Crippen molar-refractivity contribution in [1.29, 1.82) is 0 Å². The second kappa shape index (κ2) is 7.80. The zero-order valence-corrected chi connectivity index (χ0v) is 16.3. The lowest BCUT2D eigenvalue weighted by molar-refractivity contribution is -0.403. The van der Waals surface area contributed by atoms with E-state index in [1.165, 1.54) is 0 Å². The van der Waals surface area contributed by atoms with Crippen LogP contribution in [0.25, 0.3) is 5.57 Å². The van der Waals surface area contributed by atoms with Crippen LogP contribution in [-0.4, -0.2) is 34.5 Å². The number of benzene rings is 2. The van der Waals surface area contributed by atoms with Gasteiger partial charge in [0.1, 0.15) is 11.8 Å². The molecular formula is C21H27N2O4+. The molecule has 0 bridgehead atoms. The van der Waals surface area contributed by atoms with Crippen molar-refractivity contribution in [3.63, 3.8) is 0 Å². The van der Waals surface area contributed by atoms with Gasteiger partial charge < -0.3 is 30.4 Å². The van der Waals surface area contributed by atoms with Gasteiger partial charge >= 0.3 is 0 Å². The SMILES string of the molecule is COc1ccc(C2=CC([NH3+])CCc3c2cc(OC)c(OC)c3OC)cc1N. The first-order valence-corrected chi connectivity index (χ1v) is 8.85. The summed E-state index contributed by atoms with van der Waals surface area (Å²) in [5.74, 6) is 2.59. The molecule has 6 nitrogen and oxygen atoms in total. The van der Waals surface area contributed by atoms with Gasteiger partial charge in [0.15, 0.2) is 11.5 Å². The summed E-state index contributed by atoms with van der Waals surface area (Å²) in [5.41, 5.74) is 15.2. The van der Waals surface area contributed by atoms with E-state index in [1.807, 2.05) is 24.3 Å². The fourth-order valence-electron chi connectivity index (χ4n) is 3.60. The number of ether oxygens (including phenoxy) is 4. The van der Waals surface area contributed by atoms with Crippen LogP contribution in [0.1, 0.15) is 23.1 Å². The van der Waals surface area contributed by atoms with Gasteiger partial charge in [0.05, 0.1) is 34.1 Å². The standard InChI is InChI=1S/C21H26N2O4/c1-24-18-8-5-12(9-17(18)23)15-10-13(22)6-7-14-16(15)11-19(25-2)21(27-4)20(14)26-3/h5,8-11,13H,6-7,22-23H2,1-4H3/p+1. The van der Waals surface area contributed by atoms with Crippen molar-refractivity contribution in [3.8, 4) is 23.0 Å². The quantitative estimate of drug-likeness (QED) is 0.787. The minimum Gasteiger partial charge on any atom is -0.495 e. The summed E-state index contributed by atoms with van der Waals surface area (Å²) < 4.78 is 22.1. The Morgan fingerprint density at radius 3 is 2.22 bits per heavy atom. The fraction of sp³-hybridized carbons (Fsp3) is 0.333. The third-order valence-corrected chi connectivity index (χ3v) is 4.93. The number of rotatable bonds is 5. The molecule has 6 heteroatoms. The first kappa shape index (κ1) is 18.9. The van der Waals surface area contributed by atoms with E-state index in [4.69, 9.17) is 24.7 Å². The summed E-state index contributed by atoms with van der Waals surface area (Å²) in [6.07, 6.45) is 3.92. The maximum Gasteiger partial charge on any atom is 0.203 e. The number of hydrogen-bond acceptors (Lipinski definition) is 5. The van der Waals surface area contributed by atoms with Crippen LogP contribution in [0.3, 0.4) is 0 Å². The van der Waals surface area contributed by atoms with Crippen LogP contribution < -0.4 is 30.4 Å². The van der Waals surface area contributed by atoms with Crippen molar-refractivity contribution >= 4 is 11.3 Å². The monoisotopic (exact) mass is 371 g/mol. The fourth-order valence-corrected chi connectivity index (χ4v) is 3.60. The summed E-state index contributed by atoms with van der Waals surface area (Å²) >= 11 is 0. The van der Waals surface area contributed by atoms with Gasteiger partial charge in [-0.05, 0) is 47.4 Å². The van der Waals surface area contributed by atoms with Gasteiger partial charge in [0.2, 0.25) is 5.75 Å². The Bertz CT molecular complexity index is 877. The molecule has 2 aromatic rings. The smallest absolute Gasteiger partial charge is 0.203 e. The van der Waals surface area contributed by atoms with Crippen molar-refractivity contribution in [2.75, 3.05) is 34.2 Å². The third kappa shape index (κ3) is 3.40. The molecule has 144 valence electrons. The van der Waals surface area contributed by atoms with E-state index in [9.17, 15) is 0 Å². The Balaban J connectivity index is 2.26. The molecule has 0 heterocycles. The Kier molecular flexibility index (Phi) is 5.46. The van der Waals surface area contributed by atoms with Gasteiger partial charge in [-0.1, -0.05) is 6.07 Å². The van der Waals surface area contributed by atoms with E-state index in [2.05, 4.69) is 11.8 Å². The highest BCUT2D eigenvalue weighted by Crippen LogP contribution is 2.46. The highest BCUT2D eigenvalue weighted by molar-refractivity contribution is 5.86. The minimum absolute atomic E-state index is 0.164. The van der Waals surface area contributed by atoms with Crippen LogP contribution in [-0.2, 0) is 6.42 Å². The maximum atomic E-state index is 6.15. The van der Waals surface area contributed by atoms with E-state index in [0.717, 1.165) is 35.1 Å². The van der Waals surface area contributed by atoms with Gasteiger partial charge in [0, 0.05) is 12.0 Å². The Labute approximate surface area is 159 Å². The summed E-state index contributed by atoms with van der Waals surface area (Å²) in [6, 6.07) is 7.98. The molecule has 0 saturated carbocycles. The average molecular weight is 371 g/mol. The van der Waals surface area contributed by atoms with Crippen LogP contribution in [0.15, 0.2) is 30.3 Å². The molecule has 1 atom stereocenters. The lowest BCUT2D eigenvalue weighted by atomic mass is 9.92. The zero-order valence-electron chi connectivity index (χ0n) is 16.3. The second-order valence-corrected chi connectivity index (χ2v) is 6.51. The Morgan fingerprint density at radius 1 is 0.926 bits per heavy atom. The molecule has 1 aliphatic carbocycles. The van der Waals surface area contributed by atoms with Crippen molar-refractivity contribution in [2.24, 2.45) is 0 Å². The van der Waals surface area contributed by atoms with E-state index >= 15 is 0 Å². The number of nitrogens with two attached hydrogens (primary N) is 1. The molecule has 2 aromatic carbocycles. The Hall–Kier alpha value is -2.86. The molecule has 0 amide bonds. The second-order valence-electron chi connectivity index (χ2n) is 6.51. The molecule has 1 unspecified atom stereocenters. The summed E-state index contributed by atoms with van der Waals surface area (Å²) in [5, 5.41) is 0. The van der Waals surface area contributed by atoms with E-state index in [-0.39, 0.29) is 6.04 Å². The number of methoxy groups -OCH3 is 4. The number of anilines is 1. The maximum absolute atomic E-state index is 6.15. The highest BCUT2D eigenvalue weighted by atomic mass is 16.5. The zero-order chi connectivity index (χ0) is 19.6. The van der Waals surface area contributed by atoms with Crippen LogP contribution in [0.5, 0.6) is 23.0 Å². The van der Waals surface area contributed by atoms with Crippen molar-refractivity contribution in [2.45, 2.75) is 18.9 Å². The molecule has 3 rings (SSSR count). The van der Waals surface area contributed by atoms with Crippen LogP contribution in [0.2, 0.25) is 0 Å². The largest absolute Gasteiger partial charge is 0.495 e. The molecule has 1 aliphatic rings. The predicted octanol–water partition coefficient (Wildman–Crippen LogP) is 2.29. The third-order valence-electron chi connectivity index (χ3n) is 4.93. The normalized spacial score (nSPS) is 16.0. The van der Waals surface area contributed by atoms with Crippen LogP contribution in [0, 0.1) is 0 Å². The molecule has 0 spiro atoms. The van der Waals surface area contributed by atoms with Gasteiger partial charge in [-0.25, -0.2) is 0 Å². The van der Waals surface area contributed by atoms with Crippen molar-refractivity contribution in [3.05, 3.63) is 47.0 Å². The average Bonchev–Trinajstić information content (AvgIpc) is 2.85. The molecule has 27 heavy (non-hydrogen) atoms. The van der Waals surface area contributed by atoms with Gasteiger partial charge in [-0.3, -0.25) is 0 Å². The molecule has 0 fully saturated rings. The predicted molar refractivity (Wildman–Crippen MR) is 106 cm³/mol. The minimum atomic E-state index is 0.164. The molecule has 0 radical (unpaired) electrons. The highest BCUT2D eigenvalue weighted by Gasteiger charge is 2.26. The van der Waals surface area contributed by atoms with Gasteiger partial charge in [0.25, 0.3) is 0 Å². The topological polar surface area (TPSA) is 90.6 Å². The van der Waals surface area contributed by atoms with E-state index in [1.54, 1.807) is 28.4 Å². The molecule has 0 aliphatic heterocycles. The van der Waals surface area contributed by atoms with Crippen molar-refractivity contribution < 1.29 is 24.7 Å². The first-order chi connectivity index (χ1) is 13.0. The number of fused-ring (bicyclic) bond motifs is 1. The molecule has 5 N–H and O–H groups in total. The molecule has 0 aromatic heterocycles. The number of hydrogen-bond donors (Lipinski definition) is 2. The van der Waals surface area contributed by atoms with Gasteiger partial charge in [-0.2, -0.15) is 0 Å². The van der Waals surface area contributed by atoms with Gasteiger partial charge in [-0.15, -0.1) is 0 Å². The van der Waals surface area contributed by atoms with E-state index in [0.29, 0.717) is 28.7 Å². The number of nitrogen functional groups attached to an aromatic ring is 1. The molecule has 0 saturated heterocycles. The number of quaternary nitrogens is 1.